The number of nitriles is 1. The van der Waals surface area contributed by atoms with Crippen molar-refractivity contribution in [2.75, 3.05) is 0 Å². The van der Waals surface area contributed by atoms with Crippen LogP contribution in [0.5, 0.6) is 0 Å². The molecule has 1 aliphatic carbocycles. The van der Waals surface area contributed by atoms with Crippen LogP contribution < -0.4 is 0 Å². The zero-order chi connectivity index (χ0) is 11.1. The highest BCUT2D eigenvalue weighted by Crippen LogP contribution is 2.39. The van der Waals surface area contributed by atoms with Crippen LogP contribution >= 0.6 is 0 Å². The summed E-state index contributed by atoms with van der Waals surface area (Å²) in [7, 11) is 0. The van der Waals surface area contributed by atoms with E-state index in [4.69, 9.17) is 0 Å². The van der Waals surface area contributed by atoms with E-state index in [9.17, 15) is 10.4 Å². The van der Waals surface area contributed by atoms with Crippen LogP contribution in [0.2, 0.25) is 0 Å². The molecule has 0 bridgehead atoms. The molecule has 1 atom stereocenters. The molecule has 2 nitrogen and oxygen atoms in total. The van der Waals surface area contributed by atoms with Crippen LogP contribution in [0.3, 0.4) is 0 Å². The molecular weight excluding hydrogens is 186 g/mol. The van der Waals surface area contributed by atoms with Crippen LogP contribution in [0.1, 0.15) is 64.7 Å². The van der Waals surface area contributed by atoms with Gasteiger partial charge in [-0.2, -0.15) is 5.26 Å². The number of hydrogen-bond acceptors (Lipinski definition) is 2. The smallest absolute Gasteiger partial charge is 0.0832 e. The van der Waals surface area contributed by atoms with E-state index in [1.54, 1.807) is 0 Å². The van der Waals surface area contributed by atoms with Crippen molar-refractivity contribution < 1.29 is 5.11 Å². The number of nitrogens with zero attached hydrogens (tertiary/aromatic N) is 1. The first-order chi connectivity index (χ1) is 7.25. The van der Waals surface area contributed by atoms with Gasteiger partial charge in [-0.05, 0) is 19.3 Å². The number of hydrogen-bond donors (Lipinski definition) is 1. The lowest BCUT2D eigenvalue weighted by molar-refractivity contribution is 0.0437. The van der Waals surface area contributed by atoms with Gasteiger partial charge in [0.25, 0.3) is 0 Å². The second-order valence-corrected chi connectivity index (χ2v) is 4.84. The first-order valence-electron chi connectivity index (χ1n) is 6.34. The molecule has 1 aliphatic rings. The molecule has 1 fully saturated rings. The van der Waals surface area contributed by atoms with Gasteiger partial charge in [-0.15, -0.1) is 0 Å². The molecule has 1 saturated carbocycles. The standard InChI is InChI=1S/C13H23NO/c1-2-3-8-12(15)13(11-14)9-6-4-5-7-10-13/h12,15H,2-10H2,1H3. The third-order valence-corrected chi connectivity index (χ3v) is 3.69. The minimum absolute atomic E-state index is 0.402. The fraction of sp³-hybridized carbons (Fsp3) is 0.923. The van der Waals surface area contributed by atoms with Crippen molar-refractivity contribution in [1.82, 2.24) is 0 Å². The second kappa shape index (κ2) is 6.12. The molecule has 86 valence electrons. The van der Waals surface area contributed by atoms with Crippen LogP contribution in [0.25, 0.3) is 0 Å². The predicted molar refractivity (Wildman–Crippen MR) is 61.3 cm³/mol. The summed E-state index contributed by atoms with van der Waals surface area (Å²) in [6.07, 6.45) is 8.98. The highest BCUT2D eigenvalue weighted by atomic mass is 16.3. The van der Waals surface area contributed by atoms with E-state index >= 15 is 0 Å². The van der Waals surface area contributed by atoms with E-state index in [0.29, 0.717) is 0 Å². The first kappa shape index (κ1) is 12.5. The van der Waals surface area contributed by atoms with Crippen LogP contribution in [0, 0.1) is 16.7 Å². The van der Waals surface area contributed by atoms with E-state index in [0.717, 1.165) is 44.9 Å². The van der Waals surface area contributed by atoms with Crippen molar-refractivity contribution in [1.29, 1.82) is 5.26 Å². The SMILES string of the molecule is CCCCC(O)C1(C#N)CCCCCC1. The highest BCUT2D eigenvalue weighted by Gasteiger charge is 2.37. The quantitative estimate of drug-likeness (QED) is 0.721. The van der Waals surface area contributed by atoms with Crippen molar-refractivity contribution in [3.8, 4) is 6.07 Å². The molecule has 15 heavy (non-hydrogen) atoms. The van der Waals surface area contributed by atoms with Gasteiger partial charge in [0.1, 0.15) is 0 Å². The van der Waals surface area contributed by atoms with Gasteiger partial charge in [-0.1, -0.05) is 45.4 Å². The van der Waals surface area contributed by atoms with Gasteiger partial charge < -0.3 is 5.11 Å². The van der Waals surface area contributed by atoms with Gasteiger partial charge in [0.2, 0.25) is 0 Å². The molecule has 0 heterocycles. The zero-order valence-corrected chi connectivity index (χ0v) is 9.84. The Kier molecular flexibility index (Phi) is 5.11. The lowest BCUT2D eigenvalue weighted by Gasteiger charge is -2.30. The molecule has 0 aliphatic heterocycles. The summed E-state index contributed by atoms with van der Waals surface area (Å²) in [5.41, 5.74) is -0.425. The molecule has 0 radical (unpaired) electrons. The fourth-order valence-corrected chi connectivity index (χ4v) is 2.55. The molecule has 1 unspecified atom stereocenters. The Hall–Kier alpha value is -0.550. The Morgan fingerprint density at radius 3 is 2.33 bits per heavy atom. The maximum Gasteiger partial charge on any atom is 0.0832 e. The zero-order valence-electron chi connectivity index (χ0n) is 9.84. The molecule has 0 aromatic heterocycles. The molecule has 0 aromatic rings. The summed E-state index contributed by atoms with van der Waals surface area (Å²) >= 11 is 0. The van der Waals surface area contributed by atoms with Crippen molar-refractivity contribution in [2.24, 2.45) is 5.41 Å². The summed E-state index contributed by atoms with van der Waals surface area (Å²) in [5.74, 6) is 0. The third-order valence-electron chi connectivity index (χ3n) is 3.69. The maximum absolute atomic E-state index is 10.2. The van der Waals surface area contributed by atoms with Gasteiger partial charge >= 0.3 is 0 Å². The fourth-order valence-electron chi connectivity index (χ4n) is 2.55. The maximum atomic E-state index is 10.2. The van der Waals surface area contributed by atoms with E-state index < -0.39 is 11.5 Å². The van der Waals surface area contributed by atoms with Crippen LogP contribution in [-0.2, 0) is 0 Å². The van der Waals surface area contributed by atoms with Crippen molar-refractivity contribution in [3.05, 3.63) is 0 Å². The van der Waals surface area contributed by atoms with Gasteiger partial charge in [0.05, 0.1) is 17.6 Å². The van der Waals surface area contributed by atoms with E-state index in [1.165, 1.54) is 12.8 Å². The minimum atomic E-state index is -0.425. The Bertz CT molecular complexity index is 211. The molecule has 0 aromatic carbocycles. The number of rotatable bonds is 4. The van der Waals surface area contributed by atoms with Crippen molar-refractivity contribution >= 4 is 0 Å². The van der Waals surface area contributed by atoms with E-state index in [2.05, 4.69) is 13.0 Å². The average molecular weight is 209 g/mol. The summed E-state index contributed by atoms with van der Waals surface area (Å²) in [4.78, 5) is 0. The summed E-state index contributed by atoms with van der Waals surface area (Å²) in [6, 6.07) is 2.42. The van der Waals surface area contributed by atoms with E-state index in [-0.39, 0.29) is 0 Å². The second-order valence-electron chi connectivity index (χ2n) is 4.84. The van der Waals surface area contributed by atoms with Crippen molar-refractivity contribution in [2.45, 2.75) is 70.8 Å². The third kappa shape index (κ3) is 3.21. The Morgan fingerprint density at radius 1 is 1.27 bits per heavy atom. The Labute approximate surface area is 93.3 Å². The number of unbranched alkanes of at least 4 members (excludes halogenated alkanes) is 1. The average Bonchev–Trinajstić information content (AvgIpc) is 2.52. The Morgan fingerprint density at radius 2 is 1.87 bits per heavy atom. The van der Waals surface area contributed by atoms with E-state index in [1.807, 2.05) is 0 Å². The molecular formula is C13H23NO. The number of aliphatic hydroxyl groups is 1. The molecule has 1 N–H and O–H groups in total. The lowest BCUT2D eigenvalue weighted by Crippen LogP contribution is -2.33. The summed E-state index contributed by atoms with van der Waals surface area (Å²) < 4.78 is 0. The highest BCUT2D eigenvalue weighted by molar-refractivity contribution is 5.04. The van der Waals surface area contributed by atoms with Gasteiger partial charge in [-0.3, -0.25) is 0 Å². The lowest BCUT2D eigenvalue weighted by atomic mass is 9.75. The monoisotopic (exact) mass is 209 g/mol. The topological polar surface area (TPSA) is 44.0 Å². The summed E-state index contributed by atoms with van der Waals surface area (Å²) in [6.45, 7) is 2.12. The van der Waals surface area contributed by atoms with Gasteiger partial charge in [0, 0.05) is 0 Å². The largest absolute Gasteiger partial charge is 0.391 e. The molecule has 1 rings (SSSR count). The number of aliphatic hydroxyl groups excluding tert-OH is 1. The van der Waals surface area contributed by atoms with Crippen LogP contribution in [0.4, 0.5) is 0 Å². The summed E-state index contributed by atoms with van der Waals surface area (Å²) in [5, 5.41) is 19.5. The Balaban J connectivity index is 2.60. The molecule has 0 saturated heterocycles. The van der Waals surface area contributed by atoms with Gasteiger partial charge in [0.15, 0.2) is 0 Å². The minimum Gasteiger partial charge on any atom is -0.391 e. The normalized spacial score (nSPS) is 22.7. The van der Waals surface area contributed by atoms with Crippen LogP contribution in [0.15, 0.2) is 0 Å². The molecule has 0 amide bonds. The first-order valence-corrected chi connectivity index (χ1v) is 6.34. The van der Waals surface area contributed by atoms with Gasteiger partial charge in [-0.25, -0.2) is 0 Å². The molecule has 2 heteroatoms. The van der Waals surface area contributed by atoms with Crippen molar-refractivity contribution in [3.63, 3.8) is 0 Å². The predicted octanol–water partition coefficient (Wildman–Crippen LogP) is 3.40. The molecule has 0 spiro atoms. The van der Waals surface area contributed by atoms with Crippen LogP contribution in [-0.4, -0.2) is 11.2 Å².